The van der Waals surface area contributed by atoms with E-state index in [2.05, 4.69) is 10.4 Å². The van der Waals surface area contributed by atoms with E-state index in [0.29, 0.717) is 6.42 Å². The number of carbonyl (C=O) groups excluding carboxylic acids is 2. The van der Waals surface area contributed by atoms with Gasteiger partial charge in [0.25, 0.3) is 5.91 Å². The third-order valence-electron chi connectivity index (χ3n) is 3.27. The second kappa shape index (κ2) is 4.84. The molecule has 1 aromatic carbocycles. The monoisotopic (exact) mass is 277 g/mol. The van der Waals surface area contributed by atoms with Crippen LogP contribution in [0.3, 0.4) is 0 Å². The Morgan fingerprint density at radius 3 is 2.65 bits per heavy atom. The zero-order chi connectivity index (χ0) is 14.9. The highest BCUT2D eigenvalue weighted by molar-refractivity contribution is 6.07. The molecule has 0 radical (unpaired) electrons. The van der Waals surface area contributed by atoms with Gasteiger partial charge in [0.15, 0.2) is 0 Å². The molecule has 0 spiro atoms. The summed E-state index contributed by atoms with van der Waals surface area (Å²) >= 11 is 0. The normalized spacial score (nSPS) is 22.6. The van der Waals surface area contributed by atoms with E-state index in [1.807, 2.05) is 0 Å². The second-order valence-corrected chi connectivity index (χ2v) is 4.72. The maximum absolute atomic E-state index is 12.1. The molecule has 1 unspecified atom stereocenters. The molecule has 1 aliphatic heterocycles. The Labute approximate surface area is 115 Å². The maximum atomic E-state index is 12.1. The van der Waals surface area contributed by atoms with Crippen LogP contribution in [0.15, 0.2) is 23.3 Å². The number of aromatic hydroxyl groups is 2. The van der Waals surface area contributed by atoms with Crippen LogP contribution in [0.2, 0.25) is 0 Å². The number of imide groups is 1. The zero-order valence-corrected chi connectivity index (χ0v) is 11.1. The van der Waals surface area contributed by atoms with Crippen LogP contribution in [0, 0.1) is 0 Å². The van der Waals surface area contributed by atoms with Crippen molar-refractivity contribution < 1.29 is 19.8 Å². The Morgan fingerprint density at radius 1 is 1.40 bits per heavy atom. The number of rotatable bonds is 3. The van der Waals surface area contributed by atoms with Gasteiger partial charge in [0, 0.05) is 11.6 Å². The third-order valence-corrected chi connectivity index (χ3v) is 3.27. The minimum absolute atomic E-state index is 0.0896. The topological polar surface area (TPSA) is 102 Å². The summed E-state index contributed by atoms with van der Waals surface area (Å²) < 4.78 is 0. The van der Waals surface area contributed by atoms with Crippen molar-refractivity contribution in [1.82, 2.24) is 10.3 Å². The molecule has 3 amide bonds. The van der Waals surface area contributed by atoms with Crippen molar-refractivity contribution in [3.63, 3.8) is 0 Å². The Bertz CT molecular complexity index is 599. The fourth-order valence-corrected chi connectivity index (χ4v) is 1.77. The van der Waals surface area contributed by atoms with Gasteiger partial charge in [-0.2, -0.15) is 5.10 Å². The van der Waals surface area contributed by atoms with Gasteiger partial charge in [-0.15, -0.1) is 5.01 Å². The first kappa shape index (κ1) is 13.9. The van der Waals surface area contributed by atoms with Gasteiger partial charge in [-0.25, -0.2) is 4.79 Å². The summed E-state index contributed by atoms with van der Waals surface area (Å²) in [5.41, 5.74) is -0.667. The highest BCUT2D eigenvalue weighted by Gasteiger charge is 2.46. The number of nitrogens with one attached hydrogen (secondary N) is 1. The van der Waals surface area contributed by atoms with Crippen LogP contribution in [0.1, 0.15) is 25.8 Å². The Kier molecular flexibility index (Phi) is 3.35. The highest BCUT2D eigenvalue weighted by atomic mass is 16.3. The lowest BCUT2D eigenvalue weighted by molar-refractivity contribution is -0.130. The van der Waals surface area contributed by atoms with E-state index in [1.54, 1.807) is 13.8 Å². The van der Waals surface area contributed by atoms with E-state index in [1.165, 1.54) is 18.3 Å². The summed E-state index contributed by atoms with van der Waals surface area (Å²) in [5, 5.41) is 25.8. The molecule has 0 aliphatic carbocycles. The van der Waals surface area contributed by atoms with Gasteiger partial charge in [0.05, 0.1) is 6.21 Å². The molecular weight excluding hydrogens is 262 g/mol. The molecule has 1 aromatic rings. The number of amides is 3. The molecule has 1 saturated heterocycles. The molecule has 3 N–H and O–H groups in total. The van der Waals surface area contributed by atoms with Gasteiger partial charge >= 0.3 is 6.03 Å². The van der Waals surface area contributed by atoms with Gasteiger partial charge < -0.3 is 15.5 Å². The average molecular weight is 277 g/mol. The maximum Gasteiger partial charge on any atom is 0.346 e. The predicted molar refractivity (Wildman–Crippen MR) is 71.4 cm³/mol. The Morgan fingerprint density at radius 2 is 2.10 bits per heavy atom. The van der Waals surface area contributed by atoms with Crippen LogP contribution in [-0.4, -0.2) is 38.9 Å². The van der Waals surface area contributed by atoms with Crippen LogP contribution in [0.5, 0.6) is 11.5 Å². The number of benzene rings is 1. The first-order chi connectivity index (χ1) is 9.37. The third kappa shape index (κ3) is 2.29. The predicted octanol–water partition coefficient (Wildman–Crippen LogP) is 1.15. The number of phenols is 2. The Balaban J connectivity index is 2.24. The van der Waals surface area contributed by atoms with Crippen molar-refractivity contribution in [3.8, 4) is 11.5 Å². The van der Waals surface area contributed by atoms with Gasteiger partial charge in [0.2, 0.25) is 0 Å². The molecule has 1 heterocycles. The number of nitrogens with zero attached hydrogens (tertiary/aromatic N) is 2. The summed E-state index contributed by atoms with van der Waals surface area (Å²) in [6, 6.07) is 3.33. The lowest BCUT2D eigenvalue weighted by Gasteiger charge is -2.17. The molecule has 1 fully saturated rings. The van der Waals surface area contributed by atoms with E-state index in [4.69, 9.17) is 5.11 Å². The summed E-state index contributed by atoms with van der Waals surface area (Å²) in [6.07, 6.45) is 1.64. The van der Waals surface area contributed by atoms with E-state index >= 15 is 0 Å². The zero-order valence-electron chi connectivity index (χ0n) is 11.1. The van der Waals surface area contributed by atoms with E-state index < -0.39 is 17.5 Å². The molecular formula is C13H15N3O4. The van der Waals surface area contributed by atoms with Gasteiger partial charge in [0.1, 0.15) is 17.0 Å². The molecule has 1 atom stereocenters. The largest absolute Gasteiger partial charge is 0.508 e. The van der Waals surface area contributed by atoms with E-state index in [9.17, 15) is 14.7 Å². The SMILES string of the molecule is CCC1(C)NC(=O)N(/N=C/c2ccc(O)cc2O)C1=O. The standard InChI is InChI=1S/C13H15N3O4/c1-3-13(2)11(19)16(12(20)15-13)14-7-8-4-5-9(17)6-10(8)18/h4-7,17-18H,3H2,1-2H3,(H,15,20)/b14-7+. The van der Waals surface area contributed by atoms with Crippen LogP contribution >= 0.6 is 0 Å². The number of carbonyl (C=O) groups is 2. The lowest BCUT2D eigenvalue weighted by Crippen LogP contribution is -2.42. The number of urea groups is 1. The molecule has 1 aliphatic rings. The molecule has 2 rings (SSSR count). The molecule has 20 heavy (non-hydrogen) atoms. The minimum atomic E-state index is -0.953. The van der Waals surface area contributed by atoms with Crippen LogP contribution in [0.4, 0.5) is 4.79 Å². The fraction of sp³-hybridized carbons (Fsp3) is 0.308. The van der Waals surface area contributed by atoms with Crippen molar-refractivity contribution in [2.75, 3.05) is 0 Å². The van der Waals surface area contributed by atoms with Crippen LogP contribution in [-0.2, 0) is 4.79 Å². The molecule has 7 heteroatoms. The summed E-state index contributed by atoms with van der Waals surface area (Å²) in [5.74, 6) is -0.730. The fourth-order valence-electron chi connectivity index (χ4n) is 1.77. The van der Waals surface area contributed by atoms with Crippen molar-refractivity contribution in [2.45, 2.75) is 25.8 Å². The average Bonchev–Trinajstić information content (AvgIpc) is 2.61. The van der Waals surface area contributed by atoms with E-state index in [-0.39, 0.29) is 17.1 Å². The summed E-state index contributed by atoms with van der Waals surface area (Å²) in [4.78, 5) is 23.8. The van der Waals surface area contributed by atoms with Crippen molar-refractivity contribution in [2.24, 2.45) is 5.10 Å². The quantitative estimate of drug-likeness (QED) is 0.569. The number of hydrogen-bond donors (Lipinski definition) is 3. The Hall–Kier alpha value is -2.57. The number of hydrazone groups is 1. The van der Waals surface area contributed by atoms with Crippen LogP contribution in [0.25, 0.3) is 0 Å². The lowest BCUT2D eigenvalue weighted by atomic mass is 10.00. The highest BCUT2D eigenvalue weighted by Crippen LogP contribution is 2.23. The molecule has 106 valence electrons. The number of hydrogen-bond acceptors (Lipinski definition) is 5. The number of phenolic OH excluding ortho intramolecular Hbond substituents is 2. The van der Waals surface area contributed by atoms with Crippen molar-refractivity contribution in [1.29, 1.82) is 0 Å². The molecule has 0 bridgehead atoms. The van der Waals surface area contributed by atoms with Gasteiger partial charge in [-0.1, -0.05) is 6.92 Å². The van der Waals surface area contributed by atoms with E-state index in [0.717, 1.165) is 11.1 Å². The summed E-state index contributed by atoms with van der Waals surface area (Å²) in [7, 11) is 0. The second-order valence-electron chi connectivity index (χ2n) is 4.72. The van der Waals surface area contributed by atoms with Gasteiger partial charge in [-0.05, 0) is 25.5 Å². The van der Waals surface area contributed by atoms with Gasteiger partial charge in [-0.3, -0.25) is 4.79 Å². The first-order valence-electron chi connectivity index (χ1n) is 6.10. The molecule has 0 saturated carbocycles. The smallest absolute Gasteiger partial charge is 0.346 e. The molecule has 7 nitrogen and oxygen atoms in total. The first-order valence-corrected chi connectivity index (χ1v) is 6.10. The van der Waals surface area contributed by atoms with Crippen molar-refractivity contribution in [3.05, 3.63) is 23.8 Å². The summed E-state index contributed by atoms with van der Waals surface area (Å²) in [6.45, 7) is 3.41. The molecule has 0 aromatic heterocycles. The minimum Gasteiger partial charge on any atom is -0.508 e. The van der Waals surface area contributed by atoms with Crippen LogP contribution < -0.4 is 5.32 Å². The van der Waals surface area contributed by atoms with Crippen molar-refractivity contribution >= 4 is 18.2 Å².